The molecule has 0 atom stereocenters. The van der Waals surface area contributed by atoms with Gasteiger partial charge in [-0.2, -0.15) is 10.1 Å². The van der Waals surface area contributed by atoms with Gasteiger partial charge in [-0.15, -0.1) is 5.10 Å². The molecule has 0 unspecified atom stereocenters. The minimum Gasteiger partial charge on any atom is -0.417 e. The normalized spacial score (nSPS) is 20.5. The first-order valence-electron chi connectivity index (χ1n) is 6.89. The number of hydrogen-bond donors (Lipinski definition) is 2. The Morgan fingerprint density at radius 1 is 1.23 bits per heavy atom. The smallest absolute Gasteiger partial charge is 0.369 e. The van der Waals surface area contributed by atoms with Crippen LogP contribution in [0.2, 0.25) is 0 Å². The lowest BCUT2D eigenvalue weighted by atomic mass is 9.93. The number of nitrogens with zero attached hydrogens (tertiary/aromatic N) is 3. The first-order chi connectivity index (χ1) is 10.6. The molecule has 2 N–H and O–H groups in total. The molecule has 118 valence electrons. The van der Waals surface area contributed by atoms with Crippen LogP contribution in [0, 0.1) is 0 Å². The van der Waals surface area contributed by atoms with Crippen molar-refractivity contribution in [2.45, 2.75) is 43.0 Å². The molecule has 2 fully saturated rings. The summed E-state index contributed by atoms with van der Waals surface area (Å²) in [4.78, 5) is 28.1. The fraction of sp³-hybridized carbons (Fsp3) is 0.583. The predicted octanol–water partition coefficient (Wildman–Crippen LogP) is 1.05. The molecule has 9 nitrogen and oxygen atoms in total. The Labute approximate surface area is 130 Å². The molecule has 1 aromatic heterocycles. The van der Waals surface area contributed by atoms with Gasteiger partial charge in [0.1, 0.15) is 0 Å². The summed E-state index contributed by atoms with van der Waals surface area (Å²) in [6, 6.07) is 0. The van der Waals surface area contributed by atoms with E-state index < -0.39 is 23.4 Å². The molecule has 22 heavy (non-hydrogen) atoms. The van der Waals surface area contributed by atoms with Gasteiger partial charge in [0.2, 0.25) is 11.1 Å². The first kappa shape index (κ1) is 14.8. The number of rotatable bonds is 3. The maximum Gasteiger partial charge on any atom is 0.369 e. The summed E-state index contributed by atoms with van der Waals surface area (Å²) >= 11 is 1.34. The Hall–Kier alpha value is -2.10. The van der Waals surface area contributed by atoms with E-state index in [9.17, 15) is 9.59 Å². The minimum atomic E-state index is -1.11. The molecule has 0 aromatic carbocycles. The number of carbonyl (C=O) groups excluding carboxylic acids is 2. The standard InChI is InChI=1S/C12H15N5O4S/c1-22-11-13-10(16-17-11)15-14-7-8(18)20-12(21-9(7)19)5-3-2-4-6-12/h2-6H2,1H3,(H2,13,15,16,17). The van der Waals surface area contributed by atoms with E-state index in [0.717, 1.165) is 19.3 Å². The van der Waals surface area contributed by atoms with Crippen LogP contribution >= 0.6 is 11.8 Å². The molecular formula is C12H15N5O4S. The number of anilines is 1. The Morgan fingerprint density at radius 2 is 1.91 bits per heavy atom. The third-order valence-corrected chi connectivity index (χ3v) is 4.03. The van der Waals surface area contributed by atoms with E-state index >= 15 is 0 Å². The third-order valence-electron chi connectivity index (χ3n) is 3.48. The lowest BCUT2D eigenvalue weighted by molar-refractivity contribution is -0.237. The summed E-state index contributed by atoms with van der Waals surface area (Å²) in [5.74, 6) is -2.45. The van der Waals surface area contributed by atoms with Crippen molar-refractivity contribution in [1.82, 2.24) is 15.2 Å². The van der Waals surface area contributed by atoms with Gasteiger partial charge in [-0.25, -0.2) is 20.1 Å². The number of hydrogen-bond acceptors (Lipinski definition) is 9. The molecule has 1 saturated carbocycles. The van der Waals surface area contributed by atoms with Crippen LogP contribution in [0.1, 0.15) is 32.1 Å². The molecule has 0 amide bonds. The number of thioether (sulfide) groups is 1. The van der Waals surface area contributed by atoms with E-state index in [4.69, 9.17) is 9.47 Å². The minimum absolute atomic E-state index is 0.218. The highest BCUT2D eigenvalue weighted by molar-refractivity contribution is 7.98. The number of ether oxygens (including phenoxy) is 2. The predicted molar refractivity (Wildman–Crippen MR) is 77.2 cm³/mol. The van der Waals surface area contributed by atoms with Gasteiger partial charge in [0.15, 0.2) is 0 Å². The van der Waals surface area contributed by atoms with Crippen molar-refractivity contribution in [3.63, 3.8) is 0 Å². The summed E-state index contributed by atoms with van der Waals surface area (Å²) in [7, 11) is 0. The van der Waals surface area contributed by atoms with Crippen LogP contribution < -0.4 is 5.43 Å². The van der Waals surface area contributed by atoms with Crippen LogP contribution in [-0.2, 0) is 19.1 Å². The second kappa shape index (κ2) is 5.95. The van der Waals surface area contributed by atoms with Crippen LogP contribution in [0.4, 0.5) is 5.95 Å². The Morgan fingerprint density at radius 3 is 2.50 bits per heavy atom. The number of carbonyl (C=O) groups is 2. The van der Waals surface area contributed by atoms with E-state index in [0.29, 0.717) is 18.0 Å². The van der Waals surface area contributed by atoms with Crippen molar-refractivity contribution in [2.24, 2.45) is 5.10 Å². The highest BCUT2D eigenvalue weighted by atomic mass is 32.2. The topological polar surface area (TPSA) is 119 Å². The van der Waals surface area contributed by atoms with Gasteiger partial charge in [0, 0.05) is 12.8 Å². The molecule has 10 heteroatoms. The summed E-state index contributed by atoms with van der Waals surface area (Å²) in [5.41, 5.74) is 2.03. The molecule has 1 aliphatic carbocycles. The quantitative estimate of drug-likeness (QED) is 0.481. The lowest BCUT2D eigenvalue weighted by Gasteiger charge is -2.38. The molecule has 1 saturated heterocycles. The molecule has 2 heterocycles. The second-order valence-electron chi connectivity index (χ2n) is 4.99. The summed E-state index contributed by atoms with van der Waals surface area (Å²) in [5, 5.41) is 10.7. The van der Waals surface area contributed by atoms with Crippen molar-refractivity contribution >= 4 is 35.4 Å². The molecule has 1 aliphatic heterocycles. The Balaban J connectivity index is 1.70. The molecule has 1 spiro atoms. The van der Waals surface area contributed by atoms with Gasteiger partial charge in [0.05, 0.1) is 0 Å². The highest BCUT2D eigenvalue weighted by Gasteiger charge is 2.47. The third kappa shape index (κ3) is 2.91. The number of H-pyrrole nitrogens is 1. The maximum absolute atomic E-state index is 12.0. The first-order valence-corrected chi connectivity index (χ1v) is 8.11. The van der Waals surface area contributed by atoms with Gasteiger partial charge in [-0.3, -0.25) is 0 Å². The molecule has 3 rings (SSSR count). The average molecular weight is 325 g/mol. The fourth-order valence-electron chi connectivity index (χ4n) is 2.42. The number of esters is 2. The van der Waals surface area contributed by atoms with Gasteiger partial charge >= 0.3 is 11.9 Å². The highest BCUT2D eigenvalue weighted by Crippen LogP contribution is 2.35. The average Bonchev–Trinajstić information content (AvgIpc) is 2.95. The molecular weight excluding hydrogens is 310 g/mol. The van der Waals surface area contributed by atoms with E-state index in [-0.39, 0.29) is 5.95 Å². The van der Waals surface area contributed by atoms with Crippen molar-refractivity contribution in [3.8, 4) is 0 Å². The van der Waals surface area contributed by atoms with Crippen LogP contribution in [0.5, 0.6) is 0 Å². The van der Waals surface area contributed by atoms with Gasteiger partial charge in [-0.05, 0) is 19.1 Å². The zero-order valence-corrected chi connectivity index (χ0v) is 12.7. The summed E-state index contributed by atoms with van der Waals surface area (Å²) in [6.07, 6.45) is 5.65. The van der Waals surface area contributed by atoms with Crippen LogP contribution in [-0.4, -0.2) is 44.9 Å². The largest absolute Gasteiger partial charge is 0.417 e. The van der Waals surface area contributed by atoms with Crippen molar-refractivity contribution in [1.29, 1.82) is 0 Å². The number of nitrogens with one attached hydrogen (secondary N) is 2. The molecule has 0 bridgehead atoms. The summed E-state index contributed by atoms with van der Waals surface area (Å²) in [6.45, 7) is 0. The second-order valence-corrected chi connectivity index (χ2v) is 5.77. The van der Waals surface area contributed by atoms with Crippen molar-refractivity contribution < 1.29 is 19.1 Å². The Bertz CT molecular complexity index is 601. The lowest BCUT2D eigenvalue weighted by Crippen LogP contribution is -2.51. The van der Waals surface area contributed by atoms with Gasteiger partial charge < -0.3 is 9.47 Å². The van der Waals surface area contributed by atoms with E-state index in [1.807, 2.05) is 6.26 Å². The van der Waals surface area contributed by atoms with Gasteiger partial charge in [-0.1, -0.05) is 18.2 Å². The molecule has 0 radical (unpaired) electrons. The van der Waals surface area contributed by atoms with Crippen molar-refractivity contribution in [2.75, 3.05) is 11.7 Å². The molecule has 2 aliphatic rings. The van der Waals surface area contributed by atoms with Crippen molar-refractivity contribution in [3.05, 3.63) is 0 Å². The van der Waals surface area contributed by atoms with Gasteiger partial charge in [0.25, 0.3) is 11.5 Å². The van der Waals surface area contributed by atoms with E-state index in [1.54, 1.807) is 0 Å². The molecule has 1 aromatic rings. The zero-order valence-electron chi connectivity index (χ0n) is 11.9. The van der Waals surface area contributed by atoms with E-state index in [2.05, 4.69) is 25.7 Å². The Kier molecular flexibility index (Phi) is 4.01. The number of aromatic amines is 1. The fourth-order valence-corrected chi connectivity index (χ4v) is 2.74. The summed E-state index contributed by atoms with van der Waals surface area (Å²) < 4.78 is 10.6. The van der Waals surface area contributed by atoms with Crippen LogP contribution in [0.25, 0.3) is 0 Å². The SMILES string of the molecule is CSc1n[nH]c(NN=C2C(=O)OC3(CCCCC3)OC2=O)n1. The number of hydrazone groups is 1. The number of aromatic nitrogens is 3. The monoisotopic (exact) mass is 325 g/mol. The van der Waals surface area contributed by atoms with Crippen LogP contribution in [0.15, 0.2) is 10.3 Å². The maximum atomic E-state index is 12.0. The van der Waals surface area contributed by atoms with Crippen LogP contribution in [0.3, 0.4) is 0 Å². The zero-order chi connectivity index (χ0) is 15.6. The van der Waals surface area contributed by atoms with E-state index in [1.165, 1.54) is 11.8 Å².